The smallest absolute Gasteiger partial charge is 0.237 e. The van der Waals surface area contributed by atoms with Gasteiger partial charge in [0.15, 0.2) is 0 Å². The van der Waals surface area contributed by atoms with Gasteiger partial charge in [-0.25, -0.2) is 0 Å². The lowest BCUT2D eigenvalue weighted by Crippen LogP contribution is -2.15. The number of Topliss-reactive ketones (excluding diaryl/α,β-unsaturated/α-hetero) is 2. The van der Waals surface area contributed by atoms with E-state index >= 15 is 0 Å². The summed E-state index contributed by atoms with van der Waals surface area (Å²) in [6.45, 7) is 0. The molecule has 108 valence electrons. The molecule has 0 N–H and O–H groups in total. The predicted octanol–water partition coefficient (Wildman–Crippen LogP) is 3.53. The maximum atomic E-state index is 12.4. The summed E-state index contributed by atoms with van der Waals surface area (Å²) in [7, 11) is 2.96. The first-order chi connectivity index (χ1) is 10.1. The molecule has 0 aliphatic carbocycles. The third kappa shape index (κ3) is 3.31. The highest BCUT2D eigenvalue weighted by atomic mass is 79.9. The predicted molar refractivity (Wildman–Crippen MR) is 82.3 cm³/mol. The molecule has 0 aromatic heterocycles. The summed E-state index contributed by atoms with van der Waals surface area (Å²) in [6, 6.07) is 11.4. The van der Waals surface area contributed by atoms with Crippen molar-refractivity contribution in [3.63, 3.8) is 0 Å². The Kier molecular flexibility index (Phi) is 4.75. The molecule has 2 aromatic carbocycles. The van der Waals surface area contributed by atoms with Gasteiger partial charge in [0.2, 0.25) is 11.6 Å². The van der Waals surface area contributed by atoms with E-state index in [0.717, 1.165) is 0 Å². The molecule has 0 saturated heterocycles. The van der Waals surface area contributed by atoms with Gasteiger partial charge in [-0.2, -0.15) is 0 Å². The van der Waals surface area contributed by atoms with Gasteiger partial charge in [0, 0.05) is 10.0 Å². The van der Waals surface area contributed by atoms with Crippen LogP contribution in [0.2, 0.25) is 0 Å². The standard InChI is InChI=1S/C16H13BrO4/c1-20-12-5-3-4-10(8-12)15(18)16(19)13-9-11(17)6-7-14(13)21-2/h3-9H,1-2H3. The fourth-order valence-corrected chi connectivity index (χ4v) is 2.24. The summed E-state index contributed by atoms with van der Waals surface area (Å²) < 4.78 is 10.9. The van der Waals surface area contributed by atoms with Gasteiger partial charge in [-0.3, -0.25) is 9.59 Å². The average Bonchev–Trinajstić information content (AvgIpc) is 2.53. The Bertz CT molecular complexity index is 694. The third-order valence-corrected chi connectivity index (χ3v) is 3.44. The van der Waals surface area contributed by atoms with Crippen molar-refractivity contribution in [1.82, 2.24) is 0 Å². The van der Waals surface area contributed by atoms with Crippen molar-refractivity contribution in [2.75, 3.05) is 14.2 Å². The van der Waals surface area contributed by atoms with E-state index in [-0.39, 0.29) is 11.1 Å². The van der Waals surface area contributed by atoms with Crippen LogP contribution in [0.15, 0.2) is 46.9 Å². The summed E-state index contributed by atoms with van der Waals surface area (Å²) in [4.78, 5) is 24.7. The molecule has 5 heteroatoms. The van der Waals surface area contributed by atoms with Crippen LogP contribution in [-0.4, -0.2) is 25.8 Å². The quantitative estimate of drug-likeness (QED) is 0.612. The molecule has 21 heavy (non-hydrogen) atoms. The largest absolute Gasteiger partial charge is 0.497 e. The Hall–Kier alpha value is -2.14. The van der Waals surface area contributed by atoms with Crippen LogP contribution in [0.5, 0.6) is 11.5 Å². The molecule has 0 fully saturated rings. The highest BCUT2D eigenvalue weighted by molar-refractivity contribution is 9.10. The van der Waals surface area contributed by atoms with Gasteiger partial charge in [-0.15, -0.1) is 0 Å². The van der Waals surface area contributed by atoms with Crippen LogP contribution in [0.25, 0.3) is 0 Å². The Morgan fingerprint density at radius 1 is 0.952 bits per heavy atom. The molecule has 0 radical (unpaired) electrons. The summed E-state index contributed by atoms with van der Waals surface area (Å²) in [5.74, 6) is -0.346. The van der Waals surface area contributed by atoms with Crippen molar-refractivity contribution in [3.05, 3.63) is 58.1 Å². The number of carbonyl (C=O) groups excluding carboxylic acids is 2. The highest BCUT2D eigenvalue weighted by Crippen LogP contribution is 2.25. The van der Waals surface area contributed by atoms with Crippen molar-refractivity contribution in [2.45, 2.75) is 0 Å². The zero-order valence-electron chi connectivity index (χ0n) is 11.6. The van der Waals surface area contributed by atoms with Crippen LogP contribution in [0.1, 0.15) is 20.7 Å². The molecular weight excluding hydrogens is 336 g/mol. The maximum absolute atomic E-state index is 12.4. The van der Waals surface area contributed by atoms with Gasteiger partial charge in [-0.05, 0) is 30.3 Å². The number of hydrogen-bond donors (Lipinski definition) is 0. The lowest BCUT2D eigenvalue weighted by Gasteiger charge is -2.08. The molecule has 2 aromatic rings. The Morgan fingerprint density at radius 3 is 2.38 bits per heavy atom. The highest BCUT2D eigenvalue weighted by Gasteiger charge is 2.22. The summed E-state index contributed by atoms with van der Waals surface area (Å²) >= 11 is 3.28. The Morgan fingerprint density at radius 2 is 1.71 bits per heavy atom. The molecule has 0 bridgehead atoms. The van der Waals surface area contributed by atoms with Gasteiger partial charge in [-0.1, -0.05) is 28.1 Å². The zero-order valence-corrected chi connectivity index (χ0v) is 13.1. The van der Waals surface area contributed by atoms with Gasteiger partial charge in [0.25, 0.3) is 0 Å². The Labute approximate surface area is 130 Å². The molecular formula is C16H13BrO4. The monoisotopic (exact) mass is 348 g/mol. The number of carbonyl (C=O) groups is 2. The average molecular weight is 349 g/mol. The fourth-order valence-electron chi connectivity index (χ4n) is 1.88. The van der Waals surface area contributed by atoms with Crippen LogP contribution in [0.3, 0.4) is 0 Å². The lowest BCUT2D eigenvalue weighted by molar-refractivity contribution is 0.0815. The molecule has 0 unspecified atom stereocenters. The van der Waals surface area contributed by atoms with Crippen molar-refractivity contribution >= 4 is 27.5 Å². The number of rotatable bonds is 5. The second-order valence-corrected chi connectivity index (χ2v) is 5.15. The number of ether oxygens (including phenoxy) is 2. The van der Waals surface area contributed by atoms with Gasteiger partial charge < -0.3 is 9.47 Å². The van der Waals surface area contributed by atoms with E-state index in [1.54, 1.807) is 36.4 Å². The first kappa shape index (κ1) is 15.3. The topological polar surface area (TPSA) is 52.6 Å². The second kappa shape index (κ2) is 6.54. The maximum Gasteiger partial charge on any atom is 0.237 e. The number of benzene rings is 2. The Balaban J connectivity index is 2.39. The number of ketones is 2. The van der Waals surface area contributed by atoms with E-state index in [1.807, 2.05) is 0 Å². The van der Waals surface area contributed by atoms with Crippen molar-refractivity contribution in [2.24, 2.45) is 0 Å². The number of halogens is 1. The van der Waals surface area contributed by atoms with Crippen LogP contribution < -0.4 is 9.47 Å². The minimum Gasteiger partial charge on any atom is -0.497 e. The fraction of sp³-hybridized carbons (Fsp3) is 0.125. The molecule has 2 rings (SSSR count). The summed E-state index contributed by atoms with van der Waals surface area (Å²) in [6.07, 6.45) is 0. The molecule has 0 aliphatic heterocycles. The summed E-state index contributed by atoms with van der Waals surface area (Å²) in [5.41, 5.74) is 0.501. The van der Waals surface area contributed by atoms with Crippen LogP contribution in [0, 0.1) is 0 Å². The van der Waals surface area contributed by atoms with Gasteiger partial charge in [0.05, 0.1) is 19.8 Å². The SMILES string of the molecule is COc1cccc(C(=O)C(=O)c2cc(Br)ccc2OC)c1. The first-order valence-electron chi connectivity index (χ1n) is 6.13. The number of methoxy groups -OCH3 is 2. The zero-order chi connectivity index (χ0) is 15.4. The molecule has 0 amide bonds. The minimum absolute atomic E-state index is 0.222. The van der Waals surface area contributed by atoms with E-state index in [1.165, 1.54) is 20.3 Å². The van der Waals surface area contributed by atoms with E-state index in [2.05, 4.69) is 15.9 Å². The molecule has 0 atom stereocenters. The molecule has 0 spiro atoms. The normalized spacial score (nSPS) is 10.0. The molecule has 0 aliphatic rings. The van der Waals surface area contributed by atoms with Crippen LogP contribution >= 0.6 is 15.9 Å². The van der Waals surface area contributed by atoms with Gasteiger partial charge in [0.1, 0.15) is 11.5 Å². The van der Waals surface area contributed by atoms with E-state index < -0.39 is 11.6 Å². The van der Waals surface area contributed by atoms with Gasteiger partial charge >= 0.3 is 0 Å². The van der Waals surface area contributed by atoms with E-state index in [9.17, 15) is 9.59 Å². The molecule has 4 nitrogen and oxygen atoms in total. The summed E-state index contributed by atoms with van der Waals surface area (Å²) in [5, 5.41) is 0. The van der Waals surface area contributed by atoms with Crippen LogP contribution in [-0.2, 0) is 0 Å². The third-order valence-electron chi connectivity index (χ3n) is 2.94. The minimum atomic E-state index is -0.624. The van der Waals surface area contributed by atoms with Crippen molar-refractivity contribution in [3.8, 4) is 11.5 Å². The van der Waals surface area contributed by atoms with Crippen molar-refractivity contribution in [1.29, 1.82) is 0 Å². The molecule has 0 saturated carbocycles. The number of hydrogen-bond acceptors (Lipinski definition) is 4. The van der Waals surface area contributed by atoms with Crippen molar-refractivity contribution < 1.29 is 19.1 Å². The second-order valence-electron chi connectivity index (χ2n) is 4.23. The van der Waals surface area contributed by atoms with Crippen LogP contribution in [0.4, 0.5) is 0 Å². The van der Waals surface area contributed by atoms with E-state index in [0.29, 0.717) is 16.0 Å². The lowest BCUT2D eigenvalue weighted by atomic mass is 10.0. The first-order valence-corrected chi connectivity index (χ1v) is 6.92. The van der Waals surface area contributed by atoms with E-state index in [4.69, 9.17) is 9.47 Å². The molecule has 0 heterocycles.